The molecule has 0 aliphatic rings. The maximum absolute atomic E-state index is 13.0. The summed E-state index contributed by atoms with van der Waals surface area (Å²) in [4.78, 5) is 0. The first-order chi connectivity index (χ1) is 8.13. The lowest BCUT2D eigenvalue weighted by Crippen LogP contribution is -2.11. The highest BCUT2D eigenvalue weighted by molar-refractivity contribution is 6.30. The Bertz CT molecular complexity index is 399. The van der Waals surface area contributed by atoms with Crippen molar-refractivity contribution in [3.8, 4) is 5.75 Å². The monoisotopic (exact) mass is 260 g/mol. The van der Waals surface area contributed by atoms with Crippen LogP contribution in [0.3, 0.4) is 0 Å². The molecule has 0 fully saturated rings. The number of benzene rings is 1. The number of hydrogen-bond donors (Lipinski definition) is 2. The van der Waals surface area contributed by atoms with Crippen molar-refractivity contribution in [1.82, 2.24) is 0 Å². The summed E-state index contributed by atoms with van der Waals surface area (Å²) in [5.74, 6) is 0.138. The number of ether oxygens (including phenoxy) is 1. The molecule has 94 valence electrons. The van der Waals surface area contributed by atoms with Crippen molar-refractivity contribution in [2.45, 2.75) is 19.3 Å². The molecule has 0 atom stereocenters. The van der Waals surface area contributed by atoms with Crippen LogP contribution in [-0.2, 0) is 0 Å². The fourth-order valence-electron chi connectivity index (χ4n) is 1.21. The third kappa shape index (κ3) is 4.91. The third-order valence-corrected chi connectivity index (χ3v) is 2.42. The molecule has 3 N–H and O–H groups in total. The van der Waals surface area contributed by atoms with E-state index < -0.39 is 5.82 Å². The van der Waals surface area contributed by atoms with Crippen molar-refractivity contribution >= 4 is 17.4 Å². The van der Waals surface area contributed by atoms with Gasteiger partial charge in [0.25, 0.3) is 0 Å². The zero-order chi connectivity index (χ0) is 12.7. The third-order valence-electron chi connectivity index (χ3n) is 2.12. The van der Waals surface area contributed by atoms with E-state index in [1.165, 1.54) is 12.1 Å². The molecule has 4 nitrogen and oxygen atoms in total. The number of oxime groups is 1. The van der Waals surface area contributed by atoms with Crippen LogP contribution in [-0.4, -0.2) is 17.6 Å². The smallest absolute Gasteiger partial charge is 0.145 e. The van der Waals surface area contributed by atoms with E-state index >= 15 is 0 Å². The van der Waals surface area contributed by atoms with Crippen molar-refractivity contribution in [2.75, 3.05) is 6.61 Å². The zero-order valence-electron chi connectivity index (χ0n) is 9.20. The molecule has 0 heterocycles. The number of nitrogens with two attached hydrogens (primary N) is 1. The van der Waals surface area contributed by atoms with Crippen LogP contribution < -0.4 is 10.5 Å². The molecule has 0 unspecified atom stereocenters. The molecular formula is C11H14ClFN2O2. The second-order valence-electron chi connectivity index (χ2n) is 3.47. The average Bonchev–Trinajstić information content (AvgIpc) is 2.33. The van der Waals surface area contributed by atoms with Crippen LogP contribution in [0.15, 0.2) is 23.4 Å². The van der Waals surface area contributed by atoms with E-state index in [0.29, 0.717) is 18.8 Å². The first kappa shape index (κ1) is 13.6. The topological polar surface area (TPSA) is 67.8 Å². The van der Waals surface area contributed by atoms with E-state index in [-0.39, 0.29) is 10.9 Å². The standard InChI is InChI=1S/C11H14ClFN2O2/c12-9-5-4-8(7-10(9)13)17-6-2-1-3-11(14)15-16/h4-5,7,16H,1-3,6H2,(H2,14,15). The van der Waals surface area contributed by atoms with Crippen molar-refractivity contribution in [2.24, 2.45) is 10.9 Å². The van der Waals surface area contributed by atoms with Gasteiger partial charge in [-0.1, -0.05) is 16.8 Å². The summed E-state index contributed by atoms with van der Waals surface area (Å²) in [7, 11) is 0. The summed E-state index contributed by atoms with van der Waals surface area (Å²) < 4.78 is 18.3. The Hall–Kier alpha value is -1.49. The molecule has 17 heavy (non-hydrogen) atoms. The van der Waals surface area contributed by atoms with Gasteiger partial charge in [-0.2, -0.15) is 0 Å². The van der Waals surface area contributed by atoms with Gasteiger partial charge in [-0.05, 0) is 25.0 Å². The Morgan fingerprint density at radius 2 is 2.24 bits per heavy atom. The molecule has 0 aliphatic carbocycles. The van der Waals surface area contributed by atoms with E-state index in [1.54, 1.807) is 6.07 Å². The van der Waals surface area contributed by atoms with Crippen molar-refractivity contribution in [1.29, 1.82) is 0 Å². The molecule has 0 amide bonds. The predicted octanol–water partition coefficient (Wildman–Crippen LogP) is 2.77. The van der Waals surface area contributed by atoms with E-state index in [0.717, 1.165) is 12.8 Å². The molecule has 1 aromatic rings. The maximum Gasteiger partial charge on any atom is 0.145 e. The maximum atomic E-state index is 13.0. The number of hydrogen-bond acceptors (Lipinski definition) is 3. The minimum Gasteiger partial charge on any atom is -0.493 e. The quantitative estimate of drug-likeness (QED) is 0.272. The molecule has 0 spiro atoms. The molecular weight excluding hydrogens is 247 g/mol. The summed E-state index contributed by atoms with van der Waals surface area (Å²) in [6.07, 6.45) is 1.99. The molecule has 0 aromatic heterocycles. The highest BCUT2D eigenvalue weighted by Crippen LogP contribution is 2.20. The normalized spacial score (nSPS) is 11.5. The first-order valence-electron chi connectivity index (χ1n) is 5.17. The summed E-state index contributed by atoms with van der Waals surface area (Å²) in [6, 6.07) is 4.30. The van der Waals surface area contributed by atoms with Gasteiger partial charge in [0.15, 0.2) is 0 Å². The van der Waals surface area contributed by atoms with Gasteiger partial charge >= 0.3 is 0 Å². The number of halogens is 2. The van der Waals surface area contributed by atoms with Crippen molar-refractivity contribution in [3.05, 3.63) is 29.0 Å². The predicted molar refractivity (Wildman–Crippen MR) is 64.2 cm³/mol. The molecule has 1 aromatic carbocycles. The highest BCUT2D eigenvalue weighted by Gasteiger charge is 2.01. The van der Waals surface area contributed by atoms with Crippen LogP contribution in [0.5, 0.6) is 5.75 Å². The molecule has 0 aliphatic heterocycles. The molecule has 0 bridgehead atoms. The lowest BCUT2D eigenvalue weighted by Gasteiger charge is -2.06. The Morgan fingerprint density at radius 3 is 2.88 bits per heavy atom. The number of nitrogens with zero attached hydrogens (tertiary/aromatic N) is 1. The summed E-state index contributed by atoms with van der Waals surface area (Å²) in [6.45, 7) is 0.444. The van der Waals surface area contributed by atoms with Gasteiger partial charge < -0.3 is 15.7 Å². The number of amidine groups is 1. The van der Waals surface area contributed by atoms with E-state index in [2.05, 4.69) is 5.16 Å². The van der Waals surface area contributed by atoms with Gasteiger partial charge in [0.1, 0.15) is 17.4 Å². The van der Waals surface area contributed by atoms with Crippen LogP contribution in [0.4, 0.5) is 4.39 Å². The van der Waals surface area contributed by atoms with Crippen molar-refractivity contribution in [3.63, 3.8) is 0 Å². The Kier molecular flexibility index (Phi) is 5.56. The highest BCUT2D eigenvalue weighted by atomic mass is 35.5. The molecule has 0 saturated carbocycles. The molecule has 1 rings (SSSR count). The Balaban J connectivity index is 2.24. The van der Waals surface area contributed by atoms with Gasteiger partial charge in [-0.15, -0.1) is 0 Å². The van der Waals surface area contributed by atoms with Crippen LogP contribution in [0.1, 0.15) is 19.3 Å². The lowest BCUT2D eigenvalue weighted by molar-refractivity contribution is 0.303. The minimum atomic E-state index is -0.499. The minimum absolute atomic E-state index is 0.0734. The fourth-order valence-corrected chi connectivity index (χ4v) is 1.33. The number of unbranched alkanes of at least 4 members (excludes halogenated alkanes) is 1. The van der Waals surface area contributed by atoms with Crippen LogP contribution in [0, 0.1) is 5.82 Å². The van der Waals surface area contributed by atoms with Gasteiger partial charge in [0, 0.05) is 12.5 Å². The van der Waals surface area contributed by atoms with Gasteiger partial charge in [-0.3, -0.25) is 0 Å². The lowest BCUT2D eigenvalue weighted by atomic mass is 10.2. The number of rotatable bonds is 6. The second-order valence-corrected chi connectivity index (χ2v) is 3.88. The molecule has 6 heteroatoms. The van der Waals surface area contributed by atoms with Crippen LogP contribution in [0.2, 0.25) is 5.02 Å². The zero-order valence-corrected chi connectivity index (χ0v) is 9.95. The largest absolute Gasteiger partial charge is 0.493 e. The fraction of sp³-hybridized carbons (Fsp3) is 0.364. The molecule has 0 radical (unpaired) electrons. The van der Waals surface area contributed by atoms with E-state index in [1.807, 2.05) is 0 Å². The summed E-state index contributed by atoms with van der Waals surface area (Å²) in [5.41, 5.74) is 5.30. The van der Waals surface area contributed by atoms with Gasteiger partial charge in [0.2, 0.25) is 0 Å². The van der Waals surface area contributed by atoms with Gasteiger partial charge in [0.05, 0.1) is 11.6 Å². The first-order valence-corrected chi connectivity index (χ1v) is 5.55. The Labute approximate surface area is 104 Å². The van der Waals surface area contributed by atoms with Crippen molar-refractivity contribution < 1.29 is 14.3 Å². The van der Waals surface area contributed by atoms with Crippen LogP contribution in [0.25, 0.3) is 0 Å². The molecule has 0 saturated heterocycles. The van der Waals surface area contributed by atoms with E-state index in [4.69, 9.17) is 27.3 Å². The second kappa shape index (κ2) is 6.96. The summed E-state index contributed by atoms with van der Waals surface area (Å²) >= 11 is 5.53. The SMILES string of the molecule is N/C(CCCCOc1ccc(Cl)c(F)c1)=N/O. The Morgan fingerprint density at radius 1 is 1.47 bits per heavy atom. The summed E-state index contributed by atoms with van der Waals surface area (Å²) in [5, 5.41) is 11.2. The van der Waals surface area contributed by atoms with Gasteiger partial charge in [-0.25, -0.2) is 4.39 Å². The van der Waals surface area contributed by atoms with E-state index in [9.17, 15) is 4.39 Å². The average molecular weight is 261 g/mol. The van der Waals surface area contributed by atoms with Crippen LogP contribution >= 0.6 is 11.6 Å².